The fourth-order valence-electron chi connectivity index (χ4n) is 3.14. The summed E-state index contributed by atoms with van der Waals surface area (Å²) >= 11 is 0. The molecule has 0 amide bonds. The number of aromatic nitrogens is 2. The molecular weight excluding hydrogens is 320 g/mol. The molecule has 0 bridgehead atoms. The van der Waals surface area contributed by atoms with Gasteiger partial charge in [0.15, 0.2) is 0 Å². The second-order valence-electron chi connectivity index (χ2n) is 6.15. The lowest BCUT2D eigenvalue weighted by Gasteiger charge is -2.11. The van der Waals surface area contributed by atoms with Crippen LogP contribution in [-0.4, -0.2) is 16.7 Å². The quantitative estimate of drug-likeness (QED) is 0.494. The summed E-state index contributed by atoms with van der Waals surface area (Å²) in [5.74, 6) is 0.851. The minimum atomic E-state index is 0.780. The van der Waals surface area contributed by atoms with Crippen molar-refractivity contribution in [2.24, 2.45) is 0 Å². The highest BCUT2D eigenvalue weighted by atomic mass is 16.5. The summed E-state index contributed by atoms with van der Waals surface area (Å²) in [6.07, 6.45) is 1.93. The Morgan fingerprint density at radius 3 is 2.08 bits per heavy atom. The van der Waals surface area contributed by atoms with E-state index in [4.69, 9.17) is 9.72 Å². The van der Waals surface area contributed by atoms with Crippen LogP contribution in [0.3, 0.4) is 0 Å². The van der Waals surface area contributed by atoms with Gasteiger partial charge in [-0.1, -0.05) is 60.7 Å². The number of ether oxygens (including phenoxy) is 1. The second-order valence-corrected chi connectivity index (χ2v) is 6.15. The Morgan fingerprint density at radius 1 is 0.769 bits per heavy atom. The van der Waals surface area contributed by atoms with Crippen molar-refractivity contribution < 1.29 is 4.74 Å². The highest BCUT2D eigenvalue weighted by Crippen LogP contribution is 2.32. The third kappa shape index (κ3) is 3.24. The monoisotopic (exact) mass is 340 g/mol. The van der Waals surface area contributed by atoms with Gasteiger partial charge in [0.25, 0.3) is 0 Å². The molecule has 4 rings (SSSR count). The molecule has 26 heavy (non-hydrogen) atoms. The third-order valence-electron chi connectivity index (χ3n) is 4.44. The molecule has 1 aromatic heterocycles. The van der Waals surface area contributed by atoms with Gasteiger partial charge < -0.3 is 9.30 Å². The second kappa shape index (κ2) is 7.28. The van der Waals surface area contributed by atoms with Gasteiger partial charge in [0, 0.05) is 17.7 Å². The molecule has 3 heteroatoms. The first-order valence-corrected chi connectivity index (χ1v) is 8.64. The molecular formula is C23H20N2O. The van der Waals surface area contributed by atoms with E-state index in [1.165, 1.54) is 5.56 Å². The van der Waals surface area contributed by atoms with Crippen molar-refractivity contribution in [3.63, 3.8) is 0 Å². The molecule has 0 fully saturated rings. The molecule has 3 nitrogen and oxygen atoms in total. The number of rotatable bonds is 5. The molecule has 4 aromatic rings. The maximum Gasteiger partial charge on any atom is 0.118 e. The molecule has 3 aromatic carbocycles. The molecule has 0 aliphatic carbocycles. The zero-order valence-corrected chi connectivity index (χ0v) is 14.7. The summed E-state index contributed by atoms with van der Waals surface area (Å²) in [5, 5.41) is 0. The van der Waals surface area contributed by atoms with Crippen molar-refractivity contribution >= 4 is 0 Å². The lowest BCUT2D eigenvalue weighted by Crippen LogP contribution is -2.01. The number of imidazole rings is 1. The molecule has 0 radical (unpaired) electrons. The predicted molar refractivity (Wildman–Crippen MR) is 105 cm³/mol. The van der Waals surface area contributed by atoms with Crippen molar-refractivity contribution in [2.75, 3.05) is 7.11 Å². The summed E-state index contributed by atoms with van der Waals surface area (Å²) in [7, 11) is 1.68. The van der Waals surface area contributed by atoms with Crippen molar-refractivity contribution in [2.45, 2.75) is 6.54 Å². The molecule has 0 unspecified atom stereocenters. The van der Waals surface area contributed by atoms with Gasteiger partial charge in [0.2, 0.25) is 0 Å². The van der Waals surface area contributed by atoms with Gasteiger partial charge in [-0.05, 0) is 29.8 Å². The van der Waals surface area contributed by atoms with Gasteiger partial charge in [0.1, 0.15) is 5.75 Å². The standard InChI is InChI=1S/C23H20N2O/c1-26-21-14-12-20(13-15-21)23-22(19-10-6-3-7-11-19)24-17-25(23)16-18-8-4-2-5-9-18/h2-15,17H,16H2,1H3. The summed E-state index contributed by atoms with van der Waals surface area (Å²) in [5.41, 5.74) is 5.59. The molecule has 0 aliphatic heterocycles. The average Bonchev–Trinajstić information content (AvgIpc) is 3.13. The topological polar surface area (TPSA) is 27.1 Å². The van der Waals surface area contributed by atoms with Crippen molar-refractivity contribution in [3.05, 3.63) is 96.8 Å². The lowest BCUT2D eigenvalue weighted by molar-refractivity contribution is 0.415. The summed E-state index contributed by atoms with van der Waals surface area (Å²) in [6.45, 7) is 0.780. The van der Waals surface area contributed by atoms with Gasteiger partial charge in [0.05, 0.1) is 24.8 Å². The molecule has 0 N–H and O–H groups in total. The third-order valence-corrected chi connectivity index (χ3v) is 4.44. The Hall–Kier alpha value is -3.33. The van der Waals surface area contributed by atoms with Crippen molar-refractivity contribution in [3.8, 4) is 28.3 Å². The largest absolute Gasteiger partial charge is 0.497 e. The number of hydrogen-bond donors (Lipinski definition) is 0. The molecule has 0 atom stereocenters. The smallest absolute Gasteiger partial charge is 0.118 e. The van der Waals surface area contributed by atoms with Crippen LogP contribution in [0.15, 0.2) is 91.3 Å². The normalized spacial score (nSPS) is 10.7. The van der Waals surface area contributed by atoms with Gasteiger partial charge >= 0.3 is 0 Å². The summed E-state index contributed by atoms with van der Waals surface area (Å²) in [4.78, 5) is 4.73. The van der Waals surface area contributed by atoms with Crippen LogP contribution in [0.1, 0.15) is 5.56 Å². The number of methoxy groups -OCH3 is 1. The molecule has 0 spiro atoms. The number of hydrogen-bond acceptors (Lipinski definition) is 2. The van der Waals surface area contributed by atoms with E-state index in [2.05, 4.69) is 53.1 Å². The molecule has 0 saturated carbocycles. The van der Waals surface area contributed by atoms with Crippen LogP contribution < -0.4 is 4.74 Å². The predicted octanol–water partition coefficient (Wildman–Crippen LogP) is 5.27. The van der Waals surface area contributed by atoms with Gasteiger partial charge in [-0.15, -0.1) is 0 Å². The molecule has 1 heterocycles. The Bertz CT molecular complexity index is 974. The van der Waals surface area contributed by atoms with Gasteiger partial charge in [-0.3, -0.25) is 0 Å². The van der Waals surface area contributed by atoms with Crippen molar-refractivity contribution in [1.82, 2.24) is 9.55 Å². The highest BCUT2D eigenvalue weighted by Gasteiger charge is 2.15. The van der Waals surface area contributed by atoms with E-state index in [1.54, 1.807) is 7.11 Å². The van der Waals surface area contributed by atoms with Crippen LogP contribution in [-0.2, 0) is 6.54 Å². The van der Waals surface area contributed by atoms with E-state index in [-0.39, 0.29) is 0 Å². The van der Waals surface area contributed by atoms with E-state index in [0.29, 0.717) is 0 Å². The van der Waals surface area contributed by atoms with Gasteiger partial charge in [-0.25, -0.2) is 4.98 Å². The average molecular weight is 340 g/mol. The Kier molecular flexibility index (Phi) is 4.52. The van der Waals surface area contributed by atoms with Crippen LogP contribution in [0.4, 0.5) is 0 Å². The van der Waals surface area contributed by atoms with E-state index < -0.39 is 0 Å². The first kappa shape index (κ1) is 16.2. The highest BCUT2D eigenvalue weighted by molar-refractivity contribution is 5.78. The SMILES string of the molecule is COc1ccc(-c2c(-c3ccccc3)ncn2Cc2ccccc2)cc1. The molecule has 128 valence electrons. The number of benzene rings is 3. The first-order valence-electron chi connectivity index (χ1n) is 8.64. The minimum Gasteiger partial charge on any atom is -0.497 e. The van der Waals surface area contributed by atoms with E-state index in [9.17, 15) is 0 Å². The summed E-state index contributed by atoms with van der Waals surface area (Å²) in [6, 6.07) is 28.9. The molecule has 0 saturated heterocycles. The maximum absolute atomic E-state index is 5.30. The zero-order valence-electron chi connectivity index (χ0n) is 14.7. The Balaban J connectivity index is 1.82. The minimum absolute atomic E-state index is 0.780. The van der Waals surface area contributed by atoms with E-state index >= 15 is 0 Å². The van der Waals surface area contributed by atoms with E-state index in [1.807, 2.05) is 42.7 Å². The van der Waals surface area contributed by atoms with Gasteiger partial charge in [-0.2, -0.15) is 0 Å². The van der Waals surface area contributed by atoms with Crippen LogP contribution in [0.5, 0.6) is 5.75 Å². The fraction of sp³-hybridized carbons (Fsp3) is 0.0870. The Labute approximate surface area is 153 Å². The molecule has 0 aliphatic rings. The van der Waals surface area contributed by atoms with Crippen LogP contribution in [0.2, 0.25) is 0 Å². The fourth-order valence-corrected chi connectivity index (χ4v) is 3.14. The van der Waals surface area contributed by atoms with Crippen LogP contribution in [0.25, 0.3) is 22.5 Å². The zero-order chi connectivity index (χ0) is 17.8. The van der Waals surface area contributed by atoms with Crippen molar-refractivity contribution in [1.29, 1.82) is 0 Å². The Morgan fingerprint density at radius 2 is 1.42 bits per heavy atom. The maximum atomic E-state index is 5.30. The lowest BCUT2D eigenvalue weighted by atomic mass is 10.0. The van der Waals surface area contributed by atoms with Crippen LogP contribution >= 0.6 is 0 Å². The van der Waals surface area contributed by atoms with Crippen LogP contribution in [0, 0.1) is 0 Å². The first-order chi connectivity index (χ1) is 12.8. The number of nitrogens with zero attached hydrogens (tertiary/aromatic N) is 2. The summed E-state index contributed by atoms with van der Waals surface area (Å²) < 4.78 is 7.51. The van der Waals surface area contributed by atoms with E-state index in [0.717, 1.165) is 34.8 Å².